The lowest BCUT2D eigenvalue weighted by Crippen LogP contribution is -2.28. The van der Waals surface area contributed by atoms with Gasteiger partial charge in [0.15, 0.2) is 0 Å². The molecule has 1 spiro atoms. The Morgan fingerprint density at radius 3 is 1.30 bits per heavy atom. The predicted octanol–water partition coefficient (Wildman–Crippen LogP) is 12.8. The van der Waals surface area contributed by atoms with Gasteiger partial charge in [-0.15, -0.1) is 0 Å². The van der Waals surface area contributed by atoms with Gasteiger partial charge in [-0.2, -0.15) is 0 Å². The highest BCUT2D eigenvalue weighted by Gasteiger charge is 2.53. The van der Waals surface area contributed by atoms with E-state index in [1.165, 1.54) is 72.4 Å². The average molecular weight is 636 g/mol. The zero-order valence-electron chi connectivity index (χ0n) is 27.5. The largest absolute Gasteiger partial charge is 0.310 e. The van der Waals surface area contributed by atoms with Crippen molar-refractivity contribution in [1.82, 2.24) is 0 Å². The molecule has 1 heteroatoms. The topological polar surface area (TPSA) is 3.24 Å². The first kappa shape index (κ1) is 28.6. The molecule has 0 radical (unpaired) electrons. The van der Waals surface area contributed by atoms with Crippen LogP contribution in [0, 0.1) is 0 Å². The molecule has 0 atom stereocenters. The Balaban J connectivity index is 1.30. The molecule has 0 N–H and O–H groups in total. The molecular formula is C49H33N. The van der Waals surface area contributed by atoms with E-state index in [4.69, 9.17) is 0 Å². The number of fused-ring (bicyclic) bond motifs is 10. The van der Waals surface area contributed by atoms with E-state index < -0.39 is 5.41 Å². The molecule has 0 fully saturated rings. The van der Waals surface area contributed by atoms with E-state index in [0.29, 0.717) is 0 Å². The third-order valence-corrected chi connectivity index (χ3v) is 10.7. The summed E-state index contributed by atoms with van der Waals surface area (Å²) in [5, 5.41) is 0. The number of benzene rings is 8. The van der Waals surface area contributed by atoms with Crippen LogP contribution in [-0.4, -0.2) is 0 Å². The third-order valence-electron chi connectivity index (χ3n) is 10.7. The van der Waals surface area contributed by atoms with Gasteiger partial charge in [0.2, 0.25) is 0 Å². The van der Waals surface area contributed by atoms with Gasteiger partial charge < -0.3 is 4.90 Å². The van der Waals surface area contributed by atoms with E-state index in [1.54, 1.807) is 0 Å². The minimum atomic E-state index is -0.473. The summed E-state index contributed by atoms with van der Waals surface area (Å²) in [6.07, 6.45) is 0. The second-order valence-electron chi connectivity index (χ2n) is 13.2. The molecule has 2 aliphatic rings. The molecule has 10 rings (SSSR count). The monoisotopic (exact) mass is 635 g/mol. The first-order valence-corrected chi connectivity index (χ1v) is 17.4. The highest BCUT2D eigenvalue weighted by atomic mass is 15.1. The molecule has 0 unspecified atom stereocenters. The van der Waals surface area contributed by atoms with Crippen molar-refractivity contribution in [2.24, 2.45) is 0 Å². The van der Waals surface area contributed by atoms with Crippen LogP contribution in [0.3, 0.4) is 0 Å². The summed E-state index contributed by atoms with van der Waals surface area (Å²) in [7, 11) is 0. The van der Waals surface area contributed by atoms with Crippen molar-refractivity contribution >= 4 is 17.1 Å². The molecule has 8 aromatic carbocycles. The maximum Gasteiger partial charge on any atom is 0.0746 e. The van der Waals surface area contributed by atoms with Crippen LogP contribution >= 0.6 is 0 Å². The summed E-state index contributed by atoms with van der Waals surface area (Å²) >= 11 is 0. The Labute approximate surface area is 293 Å². The maximum absolute atomic E-state index is 2.51. The number of anilines is 3. The van der Waals surface area contributed by atoms with Gasteiger partial charge in [0.25, 0.3) is 0 Å². The van der Waals surface area contributed by atoms with Crippen LogP contribution in [0.5, 0.6) is 0 Å². The zero-order valence-corrected chi connectivity index (χ0v) is 27.5. The Morgan fingerprint density at radius 2 is 0.700 bits per heavy atom. The van der Waals surface area contributed by atoms with E-state index in [-0.39, 0.29) is 0 Å². The van der Waals surface area contributed by atoms with E-state index in [1.807, 2.05) is 0 Å². The van der Waals surface area contributed by atoms with Crippen LogP contribution in [0.15, 0.2) is 200 Å². The van der Waals surface area contributed by atoms with Gasteiger partial charge in [0.1, 0.15) is 0 Å². The smallest absolute Gasteiger partial charge is 0.0746 e. The van der Waals surface area contributed by atoms with Gasteiger partial charge in [0.05, 0.1) is 16.8 Å². The molecule has 0 saturated carbocycles. The average Bonchev–Trinajstić information content (AvgIpc) is 3.67. The molecule has 8 aromatic rings. The van der Waals surface area contributed by atoms with Crippen molar-refractivity contribution in [2.75, 3.05) is 4.90 Å². The number of nitrogens with zero attached hydrogens (tertiary/aromatic N) is 1. The standard InChI is InChI=1S/C49H33N/c1-3-16-34(17-4-1)35-30-32-37(33-31-35)50(46-28-14-10-20-38(46)36-18-5-2-6-19-36)47-29-15-24-42-41-23-9-13-27-45(41)49(48(42)47)43-25-11-7-21-39(43)40-22-8-12-26-44(40)49/h1-33H. The van der Waals surface area contributed by atoms with E-state index in [2.05, 4.69) is 205 Å². The first-order chi connectivity index (χ1) is 24.8. The highest BCUT2D eigenvalue weighted by molar-refractivity contribution is 6.00. The third kappa shape index (κ3) is 4.07. The van der Waals surface area contributed by atoms with Gasteiger partial charge in [-0.1, -0.05) is 176 Å². The lowest BCUT2D eigenvalue weighted by Gasteiger charge is -2.36. The summed E-state index contributed by atoms with van der Waals surface area (Å²) in [4.78, 5) is 2.51. The molecule has 2 aliphatic carbocycles. The highest BCUT2D eigenvalue weighted by Crippen LogP contribution is 2.65. The molecule has 0 aliphatic heterocycles. The molecule has 0 amide bonds. The molecule has 0 saturated heterocycles. The Morgan fingerprint density at radius 1 is 0.280 bits per heavy atom. The molecule has 0 aromatic heterocycles. The summed E-state index contributed by atoms with van der Waals surface area (Å²) < 4.78 is 0. The fourth-order valence-corrected chi connectivity index (χ4v) is 8.69. The SMILES string of the molecule is c1ccc(-c2ccc(N(c3ccccc3-c3ccccc3)c3cccc4c3C3(c5ccccc5-c5ccccc53)c3ccccc3-4)cc2)cc1. The quantitative estimate of drug-likeness (QED) is 0.182. The van der Waals surface area contributed by atoms with Crippen LogP contribution in [0.1, 0.15) is 22.3 Å². The number of rotatable bonds is 5. The van der Waals surface area contributed by atoms with Crippen molar-refractivity contribution < 1.29 is 0 Å². The Kier molecular flexibility index (Phi) is 6.47. The number of hydrogen-bond donors (Lipinski definition) is 0. The van der Waals surface area contributed by atoms with Crippen LogP contribution in [-0.2, 0) is 5.41 Å². The Bertz CT molecular complexity index is 2470. The zero-order chi connectivity index (χ0) is 33.1. The molecule has 0 bridgehead atoms. The fourth-order valence-electron chi connectivity index (χ4n) is 8.69. The van der Waals surface area contributed by atoms with Crippen molar-refractivity contribution in [3.63, 3.8) is 0 Å². The first-order valence-electron chi connectivity index (χ1n) is 17.4. The molecule has 234 valence electrons. The van der Waals surface area contributed by atoms with E-state index >= 15 is 0 Å². The minimum Gasteiger partial charge on any atom is -0.310 e. The van der Waals surface area contributed by atoms with Crippen LogP contribution in [0.4, 0.5) is 17.1 Å². The normalized spacial score (nSPS) is 13.0. The van der Waals surface area contributed by atoms with Gasteiger partial charge >= 0.3 is 0 Å². The molecular weight excluding hydrogens is 603 g/mol. The number of hydrogen-bond acceptors (Lipinski definition) is 1. The molecule has 0 heterocycles. The van der Waals surface area contributed by atoms with Gasteiger partial charge in [-0.25, -0.2) is 0 Å². The minimum absolute atomic E-state index is 0.473. The number of para-hydroxylation sites is 1. The summed E-state index contributed by atoms with van der Waals surface area (Å²) in [5.74, 6) is 0. The van der Waals surface area contributed by atoms with Crippen molar-refractivity contribution in [3.05, 3.63) is 222 Å². The van der Waals surface area contributed by atoms with E-state index in [9.17, 15) is 0 Å². The fraction of sp³-hybridized carbons (Fsp3) is 0.0204. The van der Waals surface area contributed by atoms with Crippen LogP contribution in [0.2, 0.25) is 0 Å². The lowest BCUT2D eigenvalue weighted by molar-refractivity contribution is 0.793. The van der Waals surface area contributed by atoms with Gasteiger partial charge in [0, 0.05) is 16.8 Å². The van der Waals surface area contributed by atoms with Gasteiger partial charge in [-0.05, 0) is 79.9 Å². The van der Waals surface area contributed by atoms with Crippen molar-refractivity contribution in [1.29, 1.82) is 0 Å². The summed E-state index contributed by atoms with van der Waals surface area (Å²) in [5.41, 5.74) is 18.3. The summed E-state index contributed by atoms with van der Waals surface area (Å²) in [6.45, 7) is 0. The molecule has 50 heavy (non-hydrogen) atoms. The van der Waals surface area contributed by atoms with Crippen LogP contribution in [0.25, 0.3) is 44.5 Å². The lowest BCUT2D eigenvalue weighted by atomic mass is 9.70. The van der Waals surface area contributed by atoms with E-state index in [0.717, 1.165) is 11.4 Å². The maximum atomic E-state index is 2.51. The summed E-state index contributed by atoms with van der Waals surface area (Å²) in [6, 6.07) is 73.4. The van der Waals surface area contributed by atoms with Crippen molar-refractivity contribution in [2.45, 2.75) is 5.41 Å². The Hall–Kier alpha value is -6.44. The van der Waals surface area contributed by atoms with Crippen LogP contribution < -0.4 is 4.90 Å². The van der Waals surface area contributed by atoms with Crippen molar-refractivity contribution in [3.8, 4) is 44.5 Å². The van der Waals surface area contributed by atoms with Gasteiger partial charge in [-0.3, -0.25) is 0 Å². The second kappa shape index (κ2) is 11.3. The second-order valence-corrected chi connectivity index (χ2v) is 13.2. The molecule has 1 nitrogen and oxygen atoms in total. The predicted molar refractivity (Wildman–Crippen MR) is 208 cm³/mol.